The van der Waals surface area contributed by atoms with E-state index in [-0.39, 0.29) is 5.91 Å². The minimum Gasteiger partial charge on any atom is -0.396 e. The van der Waals surface area contributed by atoms with Crippen molar-refractivity contribution in [1.29, 1.82) is 0 Å². The van der Waals surface area contributed by atoms with E-state index in [1.165, 1.54) is 0 Å². The van der Waals surface area contributed by atoms with Crippen LogP contribution >= 0.6 is 0 Å². The number of carbonyl (C=O) groups excluding carboxylic acids is 1. The molecule has 0 aromatic carbocycles. The van der Waals surface area contributed by atoms with Crippen molar-refractivity contribution >= 4 is 11.6 Å². The monoisotopic (exact) mass is 280 g/mol. The van der Waals surface area contributed by atoms with E-state index < -0.39 is 0 Å². The fraction of sp³-hybridized carbons (Fsp3) is 0.733. The maximum Gasteiger partial charge on any atom is 0.274 e. The lowest BCUT2D eigenvalue weighted by atomic mass is 10.2. The Morgan fingerprint density at radius 2 is 1.75 bits per heavy atom. The Morgan fingerprint density at radius 3 is 2.15 bits per heavy atom. The van der Waals surface area contributed by atoms with Gasteiger partial charge < -0.3 is 10.6 Å². The van der Waals surface area contributed by atoms with Crippen molar-refractivity contribution in [3.63, 3.8) is 0 Å². The van der Waals surface area contributed by atoms with Gasteiger partial charge in [0, 0.05) is 20.1 Å². The Bertz CT molecular complexity index is 385. The molecule has 0 spiro atoms. The van der Waals surface area contributed by atoms with Crippen LogP contribution in [0, 0.1) is 0 Å². The van der Waals surface area contributed by atoms with Crippen LogP contribution in [0.3, 0.4) is 0 Å². The first-order valence-corrected chi connectivity index (χ1v) is 7.68. The number of carbonyl (C=O) groups is 1. The third-order valence-corrected chi connectivity index (χ3v) is 3.52. The van der Waals surface area contributed by atoms with Crippen molar-refractivity contribution in [2.45, 2.75) is 52.4 Å². The van der Waals surface area contributed by atoms with Gasteiger partial charge in [0.1, 0.15) is 5.69 Å². The maximum absolute atomic E-state index is 12.6. The first-order chi connectivity index (χ1) is 9.61. The molecule has 20 heavy (non-hydrogen) atoms. The average Bonchev–Trinajstić information content (AvgIpc) is 2.76. The molecule has 0 atom stereocenters. The summed E-state index contributed by atoms with van der Waals surface area (Å²) < 4.78 is 1.57. The highest BCUT2D eigenvalue weighted by Crippen LogP contribution is 2.14. The summed E-state index contributed by atoms with van der Waals surface area (Å²) >= 11 is 0. The van der Waals surface area contributed by atoms with Gasteiger partial charge in [0.15, 0.2) is 0 Å². The molecule has 0 aliphatic carbocycles. The van der Waals surface area contributed by atoms with Gasteiger partial charge in [0.2, 0.25) is 0 Å². The quantitative estimate of drug-likeness (QED) is 0.707. The lowest BCUT2D eigenvalue weighted by molar-refractivity contribution is 0.0739. The van der Waals surface area contributed by atoms with E-state index in [4.69, 9.17) is 5.73 Å². The number of anilines is 1. The molecule has 5 heteroatoms. The molecule has 0 aliphatic heterocycles. The number of amides is 1. The Kier molecular flexibility index (Phi) is 7.12. The van der Waals surface area contributed by atoms with Crippen molar-refractivity contribution in [3.8, 4) is 0 Å². The third-order valence-electron chi connectivity index (χ3n) is 3.52. The molecule has 2 N–H and O–H groups in total. The van der Waals surface area contributed by atoms with E-state index in [2.05, 4.69) is 18.9 Å². The summed E-state index contributed by atoms with van der Waals surface area (Å²) in [5, 5.41) is 4.06. The maximum atomic E-state index is 12.6. The lowest BCUT2D eigenvalue weighted by Crippen LogP contribution is -2.34. The van der Waals surface area contributed by atoms with Gasteiger partial charge >= 0.3 is 0 Å². The summed E-state index contributed by atoms with van der Waals surface area (Å²) in [6.45, 7) is 5.95. The molecule has 0 aliphatic rings. The number of hydrogen-bond donors (Lipinski definition) is 1. The van der Waals surface area contributed by atoms with Crippen molar-refractivity contribution in [2.24, 2.45) is 7.05 Å². The molecular weight excluding hydrogens is 252 g/mol. The second-order valence-electron chi connectivity index (χ2n) is 5.28. The van der Waals surface area contributed by atoms with Gasteiger partial charge in [-0.1, -0.05) is 39.5 Å². The second-order valence-corrected chi connectivity index (χ2v) is 5.28. The molecule has 1 aromatic heterocycles. The number of nitrogens with zero attached hydrogens (tertiary/aromatic N) is 3. The second kappa shape index (κ2) is 8.61. The van der Waals surface area contributed by atoms with Crippen LogP contribution in [0.4, 0.5) is 5.69 Å². The summed E-state index contributed by atoms with van der Waals surface area (Å²) in [5.74, 6) is 0.00899. The largest absolute Gasteiger partial charge is 0.396 e. The third kappa shape index (κ3) is 4.54. The molecule has 1 amide bonds. The summed E-state index contributed by atoms with van der Waals surface area (Å²) in [5.41, 5.74) is 6.84. The van der Waals surface area contributed by atoms with E-state index in [9.17, 15) is 4.79 Å². The number of hydrogen-bond acceptors (Lipinski definition) is 3. The summed E-state index contributed by atoms with van der Waals surface area (Å²) in [6, 6.07) is 0. The number of unbranched alkanes of at least 4 members (excludes halogenated alkanes) is 4. The Morgan fingerprint density at radius 1 is 1.20 bits per heavy atom. The lowest BCUT2D eigenvalue weighted by Gasteiger charge is -2.23. The van der Waals surface area contributed by atoms with Crippen LogP contribution in [-0.4, -0.2) is 33.7 Å². The fourth-order valence-electron chi connectivity index (χ4n) is 2.29. The SMILES string of the molecule is CCCCCN(CCCCC)C(=O)c1c(N)cnn1C. The zero-order valence-corrected chi connectivity index (χ0v) is 13.1. The van der Waals surface area contributed by atoms with Gasteiger partial charge in [-0.3, -0.25) is 9.48 Å². The van der Waals surface area contributed by atoms with Gasteiger partial charge in [-0.25, -0.2) is 0 Å². The van der Waals surface area contributed by atoms with E-state index in [1.54, 1.807) is 17.9 Å². The van der Waals surface area contributed by atoms with Gasteiger partial charge in [-0.2, -0.15) is 5.10 Å². The van der Waals surface area contributed by atoms with Crippen LogP contribution in [0.15, 0.2) is 6.20 Å². The zero-order valence-electron chi connectivity index (χ0n) is 13.1. The van der Waals surface area contributed by atoms with Crippen LogP contribution in [0.2, 0.25) is 0 Å². The average molecular weight is 280 g/mol. The highest BCUT2D eigenvalue weighted by Gasteiger charge is 2.21. The normalized spacial score (nSPS) is 10.8. The highest BCUT2D eigenvalue weighted by atomic mass is 16.2. The number of nitrogen functional groups attached to an aromatic ring is 1. The number of aryl methyl sites for hydroxylation is 1. The van der Waals surface area contributed by atoms with E-state index in [1.807, 2.05) is 4.90 Å². The van der Waals surface area contributed by atoms with E-state index in [0.717, 1.165) is 51.6 Å². The van der Waals surface area contributed by atoms with Crippen LogP contribution in [0.25, 0.3) is 0 Å². The molecule has 0 saturated heterocycles. The number of nitrogens with two attached hydrogens (primary N) is 1. The van der Waals surface area contributed by atoms with Crippen molar-refractivity contribution in [3.05, 3.63) is 11.9 Å². The van der Waals surface area contributed by atoms with Gasteiger partial charge in [-0.15, -0.1) is 0 Å². The summed E-state index contributed by atoms with van der Waals surface area (Å²) in [6.07, 6.45) is 8.26. The molecule has 0 saturated carbocycles. The molecule has 1 aromatic rings. The zero-order chi connectivity index (χ0) is 15.0. The summed E-state index contributed by atoms with van der Waals surface area (Å²) in [7, 11) is 1.76. The predicted molar refractivity (Wildman–Crippen MR) is 82.6 cm³/mol. The fourth-order valence-corrected chi connectivity index (χ4v) is 2.29. The molecule has 0 radical (unpaired) electrons. The molecule has 0 unspecified atom stereocenters. The minimum atomic E-state index is 0.00899. The standard InChI is InChI=1S/C15H28N4O/c1-4-6-8-10-19(11-9-7-5-2)15(20)14-13(16)12-17-18(14)3/h12H,4-11,16H2,1-3H3. The smallest absolute Gasteiger partial charge is 0.274 e. The Labute approximate surface area is 122 Å². The minimum absolute atomic E-state index is 0.00899. The van der Waals surface area contributed by atoms with Crippen LogP contribution in [-0.2, 0) is 7.05 Å². The summed E-state index contributed by atoms with van der Waals surface area (Å²) in [4.78, 5) is 14.6. The van der Waals surface area contributed by atoms with Crippen LogP contribution in [0.1, 0.15) is 62.9 Å². The molecule has 1 heterocycles. The van der Waals surface area contributed by atoms with Gasteiger partial charge in [0.25, 0.3) is 5.91 Å². The van der Waals surface area contributed by atoms with Gasteiger partial charge in [-0.05, 0) is 12.8 Å². The van der Waals surface area contributed by atoms with Crippen LogP contribution < -0.4 is 5.73 Å². The Balaban J connectivity index is 2.72. The molecule has 5 nitrogen and oxygen atoms in total. The van der Waals surface area contributed by atoms with Crippen molar-refractivity contribution in [2.75, 3.05) is 18.8 Å². The Hall–Kier alpha value is -1.52. The predicted octanol–water partition coefficient (Wildman–Crippen LogP) is 2.82. The van der Waals surface area contributed by atoms with Crippen molar-refractivity contribution in [1.82, 2.24) is 14.7 Å². The van der Waals surface area contributed by atoms with Crippen LogP contribution in [0.5, 0.6) is 0 Å². The molecular formula is C15H28N4O. The van der Waals surface area contributed by atoms with E-state index >= 15 is 0 Å². The molecule has 114 valence electrons. The molecule has 0 bridgehead atoms. The topological polar surface area (TPSA) is 64.2 Å². The molecule has 0 fully saturated rings. The highest BCUT2D eigenvalue weighted by molar-refractivity contribution is 5.97. The van der Waals surface area contributed by atoms with Gasteiger partial charge in [0.05, 0.1) is 11.9 Å². The molecule has 1 rings (SSSR count). The van der Waals surface area contributed by atoms with Crippen molar-refractivity contribution < 1.29 is 4.79 Å². The first kappa shape index (κ1) is 16.5. The number of rotatable bonds is 9. The van der Waals surface area contributed by atoms with E-state index in [0.29, 0.717) is 11.4 Å². The first-order valence-electron chi connectivity index (χ1n) is 7.68. The number of aromatic nitrogens is 2.